The van der Waals surface area contributed by atoms with Gasteiger partial charge in [0.05, 0.1) is 0 Å². The van der Waals surface area contributed by atoms with Crippen LogP contribution >= 0.6 is 0 Å². The molecule has 25 heavy (non-hydrogen) atoms. The second-order valence-electron chi connectivity index (χ2n) is 6.41. The highest BCUT2D eigenvalue weighted by molar-refractivity contribution is 5.76. The number of hydrogen-bond acceptors (Lipinski definition) is 3. The van der Waals surface area contributed by atoms with Crippen LogP contribution in [0.2, 0.25) is 0 Å². The first-order chi connectivity index (χ1) is 11.9. The lowest BCUT2D eigenvalue weighted by atomic mass is 9.95. The van der Waals surface area contributed by atoms with Crippen LogP contribution in [0.15, 0.2) is 24.3 Å². The second-order valence-corrected chi connectivity index (χ2v) is 6.41. The van der Waals surface area contributed by atoms with Crippen molar-refractivity contribution < 1.29 is 27.8 Å². The van der Waals surface area contributed by atoms with E-state index in [2.05, 4.69) is 10.1 Å². The maximum absolute atomic E-state index is 12.4. The van der Waals surface area contributed by atoms with E-state index >= 15 is 0 Å². The number of aliphatic hydroxyl groups is 1. The Labute approximate surface area is 145 Å². The first-order valence-corrected chi connectivity index (χ1v) is 8.63. The van der Waals surface area contributed by atoms with Gasteiger partial charge in [0.1, 0.15) is 5.75 Å². The van der Waals surface area contributed by atoms with E-state index in [1.54, 1.807) is 6.07 Å². The molecule has 0 aliphatic heterocycles. The molecule has 2 N–H and O–H groups in total. The average Bonchev–Trinajstić information content (AvgIpc) is 2.77. The number of hydrogen-bond donors (Lipinski definition) is 2. The summed E-state index contributed by atoms with van der Waals surface area (Å²) in [5.74, 6) is -0.440. The molecular weight excluding hydrogens is 335 g/mol. The minimum atomic E-state index is -4.76. The first kappa shape index (κ1) is 19.6. The molecule has 1 aliphatic rings. The van der Waals surface area contributed by atoms with Gasteiger partial charge in [-0.25, -0.2) is 0 Å². The van der Waals surface area contributed by atoms with E-state index in [-0.39, 0.29) is 43.1 Å². The third-order valence-electron chi connectivity index (χ3n) is 4.56. The summed E-state index contributed by atoms with van der Waals surface area (Å²) >= 11 is 0. The summed E-state index contributed by atoms with van der Waals surface area (Å²) in [5, 5.41) is 12.4. The molecule has 4 nitrogen and oxygen atoms in total. The Morgan fingerprint density at radius 1 is 1.20 bits per heavy atom. The third-order valence-corrected chi connectivity index (χ3v) is 4.56. The van der Waals surface area contributed by atoms with E-state index in [0.717, 1.165) is 32.1 Å². The van der Waals surface area contributed by atoms with Gasteiger partial charge in [0.15, 0.2) is 0 Å². The summed E-state index contributed by atoms with van der Waals surface area (Å²) in [6.45, 7) is 0.0349. The molecule has 0 radical (unpaired) electrons. The maximum Gasteiger partial charge on any atom is 0.573 e. The van der Waals surface area contributed by atoms with Gasteiger partial charge in [0, 0.05) is 25.0 Å². The van der Waals surface area contributed by atoms with E-state index in [1.807, 2.05) is 0 Å². The number of aryl methyl sites for hydroxylation is 1. The van der Waals surface area contributed by atoms with Crippen molar-refractivity contribution >= 4 is 5.91 Å². The molecule has 2 atom stereocenters. The van der Waals surface area contributed by atoms with Crippen LogP contribution in [-0.2, 0) is 11.2 Å². The normalized spacial score (nSPS) is 21.4. The molecule has 140 valence electrons. The van der Waals surface area contributed by atoms with Crippen LogP contribution in [0.5, 0.6) is 5.75 Å². The molecule has 1 aromatic carbocycles. The zero-order valence-corrected chi connectivity index (χ0v) is 14.0. The van der Waals surface area contributed by atoms with Gasteiger partial charge in [-0.3, -0.25) is 4.79 Å². The van der Waals surface area contributed by atoms with E-state index < -0.39 is 6.36 Å². The molecule has 0 bridgehead atoms. The summed E-state index contributed by atoms with van der Waals surface area (Å²) < 4.78 is 41.3. The highest BCUT2D eigenvalue weighted by Gasteiger charge is 2.32. The number of rotatable bonds is 6. The van der Waals surface area contributed by atoms with Crippen LogP contribution < -0.4 is 10.1 Å². The van der Waals surface area contributed by atoms with Gasteiger partial charge < -0.3 is 15.2 Å². The van der Waals surface area contributed by atoms with Crippen LogP contribution in [0.25, 0.3) is 0 Å². The number of ether oxygens (including phenoxy) is 1. The first-order valence-electron chi connectivity index (χ1n) is 8.63. The number of halogens is 3. The van der Waals surface area contributed by atoms with Gasteiger partial charge in [0.25, 0.3) is 0 Å². The Bertz CT molecular complexity index is 563. The van der Waals surface area contributed by atoms with Crippen LogP contribution in [0, 0.1) is 5.92 Å². The summed E-state index contributed by atoms with van der Waals surface area (Å²) in [6.07, 6.45) is 0.317. The molecule has 2 rings (SSSR count). The van der Waals surface area contributed by atoms with E-state index in [1.165, 1.54) is 18.2 Å². The predicted octanol–water partition coefficient (Wildman–Crippen LogP) is 3.58. The Kier molecular flexibility index (Phi) is 7.11. The number of carbonyl (C=O) groups is 1. The molecule has 1 amide bonds. The number of benzene rings is 1. The number of amides is 1. The third kappa shape index (κ3) is 6.57. The summed E-state index contributed by atoms with van der Waals surface area (Å²) in [4.78, 5) is 12.2. The van der Waals surface area contributed by atoms with Crippen LogP contribution in [0.4, 0.5) is 13.2 Å². The smallest absolute Gasteiger partial charge is 0.406 e. The predicted molar refractivity (Wildman–Crippen MR) is 87.0 cm³/mol. The standard InChI is InChI=1S/C18H24F3NO3/c19-18(20,21)25-16-9-5-4-6-13(16)10-11-17(24)22-15-8-3-1-2-7-14(15)12-23/h4-6,9,14-15,23H,1-3,7-8,10-12H2,(H,22,24)/t14-,15-/m0/s1. The monoisotopic (exact) mass is 359 g/mol. The average molecular weight is 359 g/mol. The Morgan fingerprint density at radius 2 is 1.92 bits per heavy atom. The summed E-state index contributed by atoms with van der Waals surface area (Å²) in [6, 6.07) is 5.78. The number of aliphatic hydroxyl groups excluding tert-OH is 1. The quantitative estimate of drug-likeness (QED) is 0.764. The van der Waals surface area contributed by atoms with Crippen molar-refractivity contribution in [3.05, 3.63) is 29.8 Å². The van der Waals surface area contributed by atoms with Gasteiger partial charge in [0.2, 0.25) is 5.91 Å². The Balaban J connectivity index is 1.91. The van der Waals surface area contributed by atoms with Gasteiger partial charge in [-0.1, -0.05) is 37.5 Å². The molecule has 0 heterocycles. The van der Waals surface area contributed by atoms with Gasteiger partial charge in [-0.2, -0.15) is 0 Å². The molecule has 1 aliphatic carbocycles. The van der Waals surface area contributed by atoms with Crippen molar-refractivity contribution in [2.75, 3.05) is 6.61 Å². The zero-order chi connectivity index (χ0) is 18.3. The molecule has 7 heteroatoms. The molecule has 0 saturated heterocycles. The van der Waals surface area contributed by atoms with E-state index in [4.69, 9.17) is 0 Å². The van der Waals surface area contributed by atoms with E-state index in [9.17, 15) is 23.1 Å². The van der Waals surface area contributed by atoms with Crippen molar-refractivity contribution in [3.8, 4) is 5.75 Å². The van der Waals surface area contributed by atoms with Gasteiger partial charge >= 0.3 is 6.36 Å². The molecule has 1 fully saturated rings. The number of alkyl halides is 3. The highest BCUT2D eigenvalue weighted by atomic mass is 19.4. The lowest BCUT2D eigenvalue weighted by Crippen LogP contribution is -2.41. The molecule has 1 saturated carbocycles. The molecular formula is C18H24F3NO3. The Morgan fingerprint density at radius 3 is 2.64 bits per heavy atom. The van der Waals surface area contributed by atoms with Crippen molar-refractivity contribution in [2.24, 2.45) is 5.92 Å². The minimum absolute atomic E-state index is 0.0349. The summed E-state index contributed by atoms with van der Waals surface area (Å²) in [7, 11) is 0. The topological polar surface area (TPSA) is 58.6 Å². The zero-order valence-electron chi connectivity index (χ0n) is 14.0. The fraction of sp³-hybridized carbons (Fsp3) is 0.611. The summed E-state index contributed by atoms with van der Waals surface area (Å²) in [5.41, 5.74) is 0.342. The van der Waals surface area contributed by atoms with E-state index in [0.29, 0.717) is 5.56 Å². The fourth-order valence-corrected chi connectivity index (χ4v) is 3.25. The van der Waals surface area contributed by atoms with Crippen LogP contribution in [0.1, 0.15) is 44.1 Å². The molecule has 0 spiro atoms. The van der Waals surface area contributed by atoms with Gasteiger partial charge in [-0.15, -0.1) is 13.2 Å². The number of para-hydroxylation sites is 1. The molecule has 0 aromatic heterocycles. The van der Waals surface area contributed by atoms with Gasteiger partial charge in [-0.05, 0) is 30.9 Å². The molecule has 1 aromatic rings. The van der Waals surface area contributed by atoms with Crippen LogP contribution in [0.3, 0.4) is 0 Å². The number of nitrogens with one attached hydrogen (secondary N) is 1. The lowest BCUT2D eigenvalue weighted by Gasteiger charge is -2.24. The molecule has 0 unspecified atom stereocenters. The maximum atomic E-state index is 12.4. The van der Waals surface area contributed by atoms with Crippen molar-refractivity contribution in [1.29, 1.82) is 0 Å². The van der Waals surface area contributed by atoms with Crippen LogP contribution in [-0.4, -0.2) is 30.0 Å². The second kappa shape index (κ2) is 9.08. The van der Waals surface area contributed by atoms with Crippen molar-refractivity contribution in [3.63, 3.8) is 0 Å². The Hall–Kier alpha value is -1.76. The minimum Gasteiger partial charge on any atom is -0.406 e. The SMILES string of the molecule is O=C(CCc1ccccc1OC(F)(F)F)N[C@H]1CCCCC[C@H]1CO. The largest absolute Gasteiger partial charge is 0.573 e. The van der Waals surface area contributed by atoms with Crippen molar-refractivity contribution in [2.45, 2.75) is 57.3 Å². The lowest BCUT2D eigenvalue weighted by molar-refractivity contribution is -0.274. The van der Waals surface area contributed by atoms with Crippen molar-refractivity contribution in [1.82, 2.24) is 5.32 Å². The number of carbonyl (C=O) groups excluding carboxylic acids is 1. The highest BCUT2D eigenvalue weighted by Crippen LogP contribution is 2.27. The fourth-order valence-electron chi connectivity index (χ4n) is 3.25.